The van der Waals surface area contributed by atoms with Gasteiger partial charge in [0.25, 0.3) is 5.56 Å². The van der Waals surface area contributed by atoms with Crippen LogP contribution >= 0.6 is 11.8 Å². The molecule has 0 aliphatic heterocycles. The standard InChI is InChI=1S/C18H14F2N4O2S/c1-2-8-24-17(26)12-4-3-7-21-16(12)23-18(24)27-10-15(25)22-11-5-6-13(19)14(20)9-11/h2-7,9H,1,8,10H2,(H,22,25). The second kappa shape index (κ2) is 8.09. The van der Waals surface area contributed by atoms with Gasteiger partial charge in [0.2, 0.25) is 5.91 Å². The molecule has 2 heterocycles. The summed E-state index contributed by atoms with van der Waals surface area (Å²) in [6.45, 7) is 3.85. The van der Waals surface area contributed by atoms with Gasteiger partial charge in [-0.25, -0.2) is 18.7 Å². The van der Waals surface area contributed by atoms with Crippen LogP contribution in [0.5, 0.6) is 0 Å². The SMILES string of the molecule is C=CCn1c(SCC(=O)Nc2ccc(F)c(F)c2)nc2ncccc2c1=O. The molecule has 27 heavy (non-hydrogen) atoms. The summed E-state index contributed by atoms with van der Waals surface area (Å²) >= 11 is 1.03. The Morgan fingerprint density at radius 3 is 2.85 bits per heavy atom. The lowest BCUT2D eigenvalue weighted by Gasteiger charge is -2.11. The minimum absolute atomic E-state index is 0.0824. The molecule has 138 valence electrons. The number of nitrogens with zero attached hydrogens (tertiary/aromatic N) is 3. The van der Waals surface area contributed by atoms with Gasteiger partial charge in [-0.3, -0.25) is 14.2 Å². The van der Waals surface area contributed by atoms with Gasteiger partial charge >= 0.3 is 0 Å². The first-order chi connectivity index (χ1) is 13.0. The normalized spacial score (nSPS) is 10.7. The van der Waals surface area contributed by atoms with E-state index in [0.29, 0.717) is 10.5 Å². The molecule has 0 spiro atoms. The number of aromatic nitrogens is 3. The topological polar surface area (TPSA) is 76.9 Å². The smallest absolute Gasteiger partial charge is 0.263 e. The molecule has 1 N–H and O–H groups in total. The number of halogens is 2. The molecule has 0 saturated heterocycles. The third-order valence-corrected chi connectivity index (χ3v) is 4.52. The predicted octanol–water partition coefficient (Wildman–Crippen LogP) is 2.99. The molecule has 2 aromatic heterocycles. The first-order valence-corrected chi connectivity index (χ1v) is 8.82. The molecule has 0 aliphatic rings. The van der Waals surface area contributed by atoms with Crippen LogP contribution in [-0.2, 0) is 11.3 Å². The summed E-state index contributed by atoms with van der Waals surface area (Å²) in [6.07, 6.45) is 3.08. The average molecular weight is 388 g/mol. The number of pyridine rings is 1. The number of thioether (sulfide) groups is 1. The van der Waals surface area contributed by atoms with Crippen molar-refractivity contribution in [2.45, 2.75) is 11.7 Å². The fraction of sp³-hybridized carbons (Fsp3) is 0.111. The molecular weight excluding hydrogens is 374 g/mol. The van der Waals surface area contributed by atoms with Gasteiger partial charge in [0.05, 0.1) is 11.1 Å². The van der Waals surface area contributed by atoms with Crippen molar-refractivity contribution in [3.05, 3.63) is 71.2 Å². The zero-order valence-corrected chi connectivity index (χ0v) is 14.8. The lowest BCUT2D eigenvalue weighted by molar-refractivity contribution is -0.113. The maximum Gasteiger partial charge on any atom is 0.263 e. The van der Waals surface area contributed by atoms with E-state index in [1.807, 2.05) is 0 Å². The molecule has 0 bridgehead atoms. The van der Waals surface area contributed by atoms with E-state index in [-0.39, 0.29) is 29.2 Å². The van der Waals surface area contributed by atoms with E-state index in [4.69, 9.17) is 0 Å². The number of amides is 1. The highest BCUT2D eigenvalue weighted by Gasteiger charge is 2.13. The van der Waals surface area contributed by atoms with Gasteiger partial charge in [0.1, 0.15) is 0 Å². The first kappa shape index (κ1) is 18.7. The van der Waals surface area contributed by atoms with Crippen molar-refractivity contribution in [1.29, 1.82) is 0 Å². The summed E-state index contributed by atoms with van der Waals surface area (Å²) in [5.74, 6) is -2.58. The van der Waals surface area contributed by atoms with Gasteiger partial charge in [-0.1, -0.05) is 17.8 Å². The van der Waals surface area contributed by atoms with E-state index >= 15 is 0 Å². The second-order valence-corrected chi connectivity index (χ2v) is 6.38. The summed E-state index contributed by atoms with van der Waals surface area (Å²) in [6, 6.07) is 6.35. The molecule has 0 radical (unpaired) electrons. The van der Waals surface area contributed by atoms with Crippen molar-refractivity contribution < 1.29 is 13.6 Å². The minimum atomic E-state index is -1.05. The maximum absolute atomic E-state index is 13.2. The minimum Gasteiger partial charge on any atom is -0.325 e. The van der Waals surface area contributed by atoms with Gasteiger partial charge in [-0.05, 0) is 24.3 Å². The number of anilines is 1. The number of nitrogens with one attached hydrogen (secondary N) is 1. The Hall–Kier alpha value is -3.07. The van der Waals surface area contributed by atoms with Crippen molar-refractivity contribution >= 4 is 34.4 Å². The van der Waals surface area contributed by atoms with Gasteiger partial charge in [0.15, 0.2) is 22.4 Å². The molecule has 3 rings (SSSR count). The Kier molecular flexibility index (Phi) is 5.60. The van der Waals surface area contributed by atoms with E-state index in [2.05, 4.69) is 21.9 Å². The fourth-order valence-corrected chi connectivity index (χ4v) is 3.13. The number of hydrogen-bond donors (Lipinski definition) is 1. The van der Waals surface area contributed by atoms with Crippen LogP contribution in [0.15, 0.2) is 59.1 Å². The van der Waals surface area contributed by atoms with Crippen LogP contribution in [0, 0.1) is 11.6 Å². The zero-order valence-electron chi connectivity index (χ0n) is 14.0. The lowest BCUT2D eigenvalue weighted by atomic mass is 10.3. The van der Waals surface area contributed by atoms with Crippen LogP contribution in [0.25, 0.3) is 11.0 Å². The molecular formula is C18H14F2N4O2S. The number of benzene rings is 1. The van der Waals surface area contributed by atoms with Gasteiger partial charge in [0, 0.05) is 24.5 Å². The number of rotatable bonds is 6. The summed E-state index contributed by atoms with van der Waals surface area (Å²) in [7, 11) is 0. The summed E-state index contributed by atoms with van der Waals surface area (Å²) in [4.78, 5) is 33.1. The van der Waals surface area contributed by atoms with E-state index in [0.717, 1.165) is 23.9 Å². The van der Waals surface area contributed by atoms with Crippen molar-refractivity contribution in [1.82, 2.24) is 14.5 Å². The molecule has 0 saturated carbocycles. The molecule has 0 fully saturated rings. The molecule has 3 aromatic rings. The largest absolute Gasteiger partial charge is 0.325 e. The van der Waals surface area contributed by atoms with Crippen LogP contribution in [0.3, 0.4) is 0 Å². The summed E-state index contributed by atoms with van der Waals surface area (Å²) in [5.41, 5.74) is 0.138. The molecule has 9 heteroatoms. The van der Waals surface area contributed by atoms with Crippen LogP contribution in [0.4, 0.5) is 14.5 Å². The molecule has 0 atom stereocenters. The number of carbonyl (C=O) groups excluding carboxylic acids is 1. The van der Waals surface area contributed by atoms with Crippen molar-refractivity contribution in [2.24, 2.45) is 0 Å². The van der Waals surface area contributed by atoms with Crippen LogP contribution in [0.2, 0.25) is 0 Å². The van der Waals surface area contributed by atoms with Gasteiger partial charge in [-0.2, -0.15) is 0 Å². The Morgan fingerprint density at radius 1 is 1.30 bits per heavy atom. The average Bonchev–Trinajstić information content (AvgIpc) is 2.66. The summed E-state index contributed by atoms with van der Waals surface area (Å²) < 4.78 is 27.6. The predicted molar refractivity (Wildman–Crippen MR) is 99.7 cm³/mol. The highest BCUT2D eigenvalue weighted by Crippen LogP contribution is 2.18. The third-order valence-electron chi connectivity index (χ3n) is 3.54. The number of hydrogen-bond acceptors (Lipinski definition) is 5. The lowest BCUT2D eigenvalue weighted by Crippen LogP contribution is -2.24. The quantitative estimate of drug-likeness (QED) is 0.399. The van der Waals surface area contributed by atoms with Crippen LogP contribution in [0.1, 0.15) is 0 Å². The van der Waals surface area contributed by atoms with E-state index in [1.165, 1.54) is 16.8 Å². The maximum atomic E-state index is 13.2. The Morgan fingerprint density at radius 2 is 2.11 bits per heavy atom. The van der Waals surface area contributed by atoms with Crippen LogP contribution < -0.4 is 10.9 Å². The molecule has 0 unspecified atom stereocenters. The Labute approximate surface area is 157 Å². The second-order valence-electron chi connectivity index (χ2n) is 5.44. The monoisotopic (exact) mass is 388 g/mol. The highest BCUT2D eigenvalue weighted by atomic mass is 32.2. The third kappa shape index (κ3) is 4.20. The Balaban J connectivity index is 1.80. The van der Waals surface area contributed by atoms with Gasteiger partial charge < -0.3 is 5.32 Å². The van der Waals surface area contributed by atoms with Crippen LogP contribution in [-0.4, -0.2) is 26.2 Å². The van der Waals surface area contributed by atoms with E-state index in [9.17, 15) is 18.4 Å². The Bertz CT molecular complexity index is 1080. The van der Waals surface area contributed by atoms with Crippen molar-refractivity contribution in [3.63, 3.8) is 0 Å². The van der Waals surface area contributed by atoms with Gasteiger partial charge in [-0.15, -0.1) is 6.58 Å². The summed E-state index contributed by atoms with van der Waals surface area (Å²) in [5, 5.41) is 3.15. The van der Waals surface area contributed by atoms with E-state index in [1.54, 1.807) is 18.2 Å². The van der Waals surface area contributed by atoms with E-state index < -0.39 is 17.5 Å². The molecule has 1 aromatic carbocycles. The highest BCUT2D eigenvalue weighted by molar-refractivity contribution is 7.99. The number of fused-ring (bicyclic) bond motifs is 1. The fourth-order valence-electron chi connectivity index (χ4n) is 2.34. The molecule has 0 aliphatic carbocycles. The zero-order chi connectivity index (χ0) is 19.4. The van der Waals surface area contributed by atoms with Crippen molar-refractivity contribution in [2.75, 3.05) is 11.1 Å². The molecule has 1 amide bonds. The number of carbonyl (C=O) groups is 1. The van der Waals surface area contributed by atoms with Crippen molar-refractivity contribution in [3.8, 4) is 0 Å². The molecule has 6 nitrogen and oxygen atoms in total. The number of allylic oxidation sites excluding steroid dienone is 1. The first-order valence-electron chi connectivity index (χ1n) is 7.83.